The fourth-order valence-electron chi connectivity index (χ4n) is 3.71. The van der Waals surface area contributed by atoms with Crippen LogP contribution in [-0.2, 0) is 24.4 Å². The Balaban J connectivity index is 1.45. The molecule has 0 amide bonds. The summed E-state index contributed by atoms with van der Waals surface area (Å²) in [6.07, 6.45) is 1.90. The zero-order valence-electron chi connectivity index (χ0n) is 19.7. The Hall–Kier alpha value is -3.77. The number of imidazole rings is 1. The number of aromatic nitrogens is 2. The lowest BCUT2D eigenvalue weighted by molar-refractivity contribution is 0.188. The van der Waals surface area contributed by atoms with E-state index in [-0.39, 0.29) is 0 Å². The average molecular weight is 458 g/mol. The lowest BCUT2D eigenvalue weighted by Gasteiger charge is -2.14. The normalized spacial score (nSPS) is 10.8. The van der Waals surface area contributed by atoms with E-state index in [0.29, 0.717) is 32.9 Å². The van der Waals surface area contributed by atoms with Crippen molar-refractivity contribution in [3.8, 4) is 22.8 Å². The summed E-state index contributed by atoms with van der Waals surface area (Å²) in [6, 6.07) is 26.4. The molecule has 4 rings (SSSR count). The van der Waals surface area contributed by atoms with Crippen LogP contribution in [0.25, 0.3) is 11.3 Å². The number of hydrogen-bond acceptors (Lipinski definition) is 5. The molecule has 0 fully saturated rings. The highest BCUT2D eigenvalue weighted by atomic mass is 16.5. The Labute approximate surface area is 201 Å². The van der Waals surface area contributed by atoms with E-state index < -0.39 is 0 Å². The molecule has 0 saturated carbocycles. The van der Waals surface area contributed by atoms with Gasteiger partial charge < -0.3 is 24.1 Å². The minimum atomic E-state index is 0.546. The maximum absolute atomic E-state index is 5.98. The highest BCUT2D eigenvalue weighted by Crippen LogP contribution is 2.26. The summed E-state index contributed by atoms with van der Waals surface area (Å²) in [5, 5.41) is 3.48. The van der Waals surface area contributed by atoms with Gasteiger partial charge in [0.1, 0.15) is 18.1 Å². The molecule has 4 aromatic rings. The molecular weight excluding hydrogens is 426 g/mol. The van der Waals surface area contributed by atoms with E-state index in [4.69, 9.17) is 14.2 Å². The summed E-state index contributed by atoms with van der Waals surface area (Å²) in [5.41, 5.74) is 4.38. The van der Waals surface area contributed by atoms with Crippen LogP contribution >= 0.6 is 0 Å². The van der Waals surface area contributed by atoms with Crippen molar-refractivity contribution >= 4 is 5.95 Å². The van der Waals surface area contributed by atoms with Gasteiger partial charge in [-0.3, -0.25) is 0 Å². The second kappa shape index (κ2) is 11.9. The largest absolute Gasteiger partial charge is 0.494 e. The van der Waals surface area contributed by atoms with Crippen molar-refractivity contribution in [3.05, 3.63) is 96.2 Å². The van der Waals surface area contributed by atoms with Crippen LogP contribution in [0.3, 0.4) is 0 Å². The molecule has 0 radical (unpaired) electrons. The highest BCUT2D eigenvalue weighted by molar-refractivity contribution is 5.62. The van der Waals surface area contributed by atoms with E-state index in [0.717, 1.165) is 39.8 Å². The first-order valence-electron chi connectivity index (χ1n) is 11.5. The predicted octanol–water partition coefficient (Wildman–Crippen LogP) is 5.79. The van der Waals surface area contributed by atoms with Gasteiger partial charge in [0, 0.05) is 25.8 Å². The van der Waals surface area contributed by atoms with Crippen LogP contribution in [0.15, 0.2) is 85.1 Å². The van der Waals surface area contributed by atoms with Crippen molar-refractivity contribution in [1.29, 1.82) is 0 Å². The SMILES string of the molecule is CCOc1ccc(-c2cnc(NCc3cccc(OCc4ccccc4)c3)n2CCOC)cc1. The standard InChI is InChI=1S/C28H31N3O3/c1-3-33-25-14-12-24(13-15-25)27-20-30-28(31(27)16-17-32-2)29-19-23-10-7-11-26(18-23)34-21-22-8-5-4-6-9-22/h4-15,18,20H,3,16-17,19,21H2,1-2H3,(H,29,30). The van der Waals surface area contributed by atoms with Crippen molar-refractivity contribution in [3.63, 3.8) is 0 Å². The van der Waals surface area contributed by atoms with Gasteiger partial charge in [0.2, 0.25) is 5.95 Å². The van der Waals surface area contributed by atoms with Crippen LogP contribution in [0.4, 0.5) is 5.95 Å². The van der Waals surface area contributed by atoms with Crippen molar-refractivity contribution in [1.82, 2.24) is 9.55 Å². The highest BCUT2D eigenvalue weighted by Gasteiger charge is 2.12. The molecule has 0 aliphatic heterocycles. The van der Waals surface area contributed by atoms with Crippen LogP contribution < -0.4 is 14.8 Å². The third-order valence-corrected chi connectivity index (χ3v) is 5.43. The molecule has 34 heavy (non-hydrogen) atoms. The maximum Gasteiger partial charge on any atom is 0.203 e. The smallest absolute Gasteiger partial charge is 0.203 e. The molecule has 0 atom stereocenters. The van der Waals surface area contributed by atoms with Crippen LogP contribution in [0.2, 0.25) is 0 Å². The quantitative estimate of drug-likeness (QED) is 0.292. The van der Waals surface area contributed by atoms with Gasteiger partial charge in [0.15, 0.2) is 0 Å². The fourth-order valence-corrected chi connectivity index (χ4v) is 3.71. The molecule has 6 heteroatoms. The zero-order chi connectivity index (χ0) is 23.6. The van der Waals surface area contributed by atoms with Gasteiger partial charge in [-0.15, -0.1) is 0 Å². The second-order valence-corrected chi connectivity index (χ2v) is 7.84. The monoisotopic (exact) mass is 457 g/mol. The molecule has 1 heterocycles. The van der Waals surface area contributed by atoms with E-state index in [1.165, 1.54) is 0 Å². The summed E-state index contributed by atoms with van der Waals surface area (Å²) in [7, 11) is 1.71. The van der Waals surface area contributed by atoms with Gasteiger partial charge in [-0.25, -0.2) is 4.98 Å². The molecule has 0 bridgehead atoms. The summed E-state index contributed by atoms with van der Waals surface area (Å²) in [5.74, 6) is 2.51. The lowest BCUT2D eigenvalue weighted by Crippen LogP contribution is -2.11. The number of rotatable bonds is 12. The Morgan fingerprint density at radius 1 is 0.853 bits per heavy atom. The van der Waals surface area contributed by atoms with Crippen LogP contribution in [0.5, 0.6) is 11.5 Å². The van der Waals surface area contributed by atoms with Crippen molar-refractivity contribution in [2.45, 2.75) is 26.6 Å². The summed E-state index contributed by atoms with van der Waals surface area (Å²) < 4.78 is 19.0. The Morgan fingerprint density at radius 3 is 2.41 bits per heavy atom. The van der Waals surface area contributed by atoms with Crippen molar-refractivity contribution in [2.75, 3.05) is 25.6 Å². The van der Waals surface area contributed by atoms with Gasteiger partial charge in [0.05, 0.1) is 25.1 Å². The van der Waals surface area contributed by atoms with Gasteiger partial charge in [-0.1, -0.05) is 42.5 Å². The van der Waals surface area contributed by atoms with Crippen LogP contribution in [0.1, 0.15) is 18.1 Å². The topological polar surface area (TPSA) is 57.5 Å². The van der Waals surface area contributed by atoms with Gasteiger partial charge in [-0.05, 0) is 54.4 Å². The Morgan fingerprint density at radius 2 is 1.65 bits per heavy atom. The van der Waals surface area contributed by atoms with Crippen molar-refractivity contribution < 1.29 is 14.2 Å². The maximum atomic E-state index is 5.98. The predicted molar refractivity (Wildman–Crippen MR) is 135 cm³/mol. The number of nitrogens with zero attached hydrogens (tertiary/aromatic N) is 2. The fraction of sp³-hybridized carbons (Fsp3) is 0.250. The lowest BCUT2D eigenvalue weighted by atomic mass is 10.1. The van der Waals surface area contributed by atoms with Gasteiger partial charge >= 0.3 is 0 Å². The molecule has 1 aromatic heterocycles. The van der Waals surface area contributed by atoms with Crippen LogP contribution in [-0.4, -0.2) is 29.9 Å². The molecule has 0 saturated heterocycles. The number of anilines is 1. The first kappa shape index (κ1) is 23.4. The van der Waals surface area contributed by atoms with Crippen molar-refractivity contribution in [2.24, 2.45) is 0 Å². The molecule has 0 spiro atoms. The zero-order valence-corrected chi connectivity index (χ0v) is 19.7. The van der Waals surface area contributed by atoms with Gasteiger partial charge in [0.25, 0.3) is 0 Å². The Bertz CT molecular complexity index is 1160. The summed E-state index contributed by atoms with van der Waals surface area (Å²) >= 11 is 0. The minimum absolute atomic E-state index is 0.546. The molecule has 0 aliphatic rings. The Kier molecular flexibility index (Phi) is 8.19. The molecule has 0 aliphatic carbocycles. The number of nitrogens with one attached hydrogen (secondary N) is 1. The molecule has 0 unspecified atom stereocenters. The van der Waals surface area contributed by atoms with Crippen LogP contribution in [0, 0.1) is 0 Å². The number of benzene rings is 3. The van der Waals surface area contributed by atoms with E-state index in [9.17, 15) is 0 Å². The molecule has 1 N–H and O–H groups in total. The molecular formula is C28H31N3O3. The van der Waals surface area contributed by atoms with E-state index in [1.807, 2.05) is 55.6 Å². The first-order valence-corrected chi connectivity index (χ1v) is 11.5. The molecule has 3 aromatic carbocycles. The first-order chi connectivity index (χ1) is 16.8. The van der Waals surface area contributed by atoms with E-state index in [2.05, 4.69) is 51.3 Å². The second-order valence-electron chi connectivity index (χ2n) is 7.84. The van der Waals surface area contributed by atoms with E-state index in [1.54, 1.807) is 7.11 Å². The molecule has 176 valence electrons. The number of methoxy groups -OCH3 is 1. The van der Waals surface area contributed by atoms with E-state index >= 15 is 0 Å². The number of ether oxygens (including phenoxy) is 3. The average Bonchev–Trinajstić information content (AvgIpc) is 3.29. The third kappa shape index (κ3) is 6.17. The molecule has 6 nitrogen and oxygen atoms in total. The third-order valence-electron chi connectivity index (χ3n) is 5.43. The number of hydrogen-bond donors (Lipinski definition) is 1. The summed E-state index contributed by atoms with van der Waals surface area (Å²) in [6.45, 7) is 5.10. The minimum Gasteiger partial charge on any atom is -0.494 e. The van der Waals surface area contributed by atoms with Gasteiger partial charge in [-0.2, -0.15) is 0 Å². The summed E-state index contributed by atoms with van der Waals surface area (Å²) in [4.78, 5) is 4.65.